The van der Waals surface area contributed by atoms with Gasteiger partial charge in [0.25, 0.3) is 0 Å². The van der Waals surface area contributed by atoms with Crippen LogP contribution in [0.5, 0.6) is 11.5 Å². The molecule has 2 aliphatic rings. The highest BCUT2D eigenvalue weighted by molar-refractivity contribution is 5.67. The minimum Gasteiger partial charge on any atom is -0.462 e. The molecule has 0 N–H and O–H groups in total. The summed E-state index contributed by atoms with van der Waals surface area (Å²) in [6, 6.07) is 4.04. The number of hydrogen-bond donors (Lipinski definition) is 0. The third-order valence-corrected chi connectivity index (χ3v) is 6.78. The first-order valence-corrected chi connectivity index (χ1v) is 13.8. The summed E-state index contributed by atoms with van der Waals surface area (Å²) in [5, 5.41) is 0. The van der Waals surface area contributed by atoms with Crippen molar-refractivity contribution < 1.29 is 38.0 Å². The van der Waals surface area contributed by atoms with E-state index in [1.54, 1.807) is 7.11 Å². The Morgan fingerprint density at radius 3 is 2.37 bits per heavy atom. The van der Waals surface area contributed by atoms with E-state index in [0.717, 1.165) is 61.2 Å². The van der Waals surface area contributed by atoms with Crippen molar-refractivity contribution in [2.24, 2.45) is 5.92 Å². The fourth-order valence-corrected chi connectivity index (χ4v) is 4.79. The second kappa shape index (κ2) is 16.5. The van der Waals surface area contributed by atoms with Gasteiger partial charge < -0.3 is 33.2 Å². The topological polar surface area (TPSA) is 81.7 Å². The van der Waals surface area contributed by atoms with Gasteiger partial charge in [0, 0.05) is 24.5 Å². The van der Waals surface area contributed by atoms with Crippen LogP contribution in [0.25, 0.3) is 0 Å². The van der Waals surface area contributed by atoms with Crippen molar-refractivity contribution in [3.8, 4) is 11.5 Å². The first kappa shape index (κ1) is 30.2. The zero-order chi connectivity index (χ0) is 27.2. The third kappa shape index (κ3) is 9.42. The summed E-state index contributed by atoms with van der Waals surface area (Å²) in [4.78, 5) is 12.6. The highest BCUT2D eigenvalue weighted by Crippen LogP contribution is 2.51. The lowest BCUT2D eigenvalue weighted by molar-refractivity contribution is -0.00454. The van der Waals surface area contributed by atoms with Crippen LogP contribution in [0.1, 0.15) is 63.0 Å². The van der Waals surface area contributed by atoms with Gasteiger partial charge in [-0.3, -0.25) is 0 Å². The predicted octanol–water partition coefficient (Wildman–Crippen LogP) is 5.98. The van der Waals surface area contributed by atoms with Crippen LogP contribution < -0.4 is 9.47 Å². The molecule has 0 fully saturated rings. The van der Waals surface area contributed by atoms with Crippen molar-refractivity contribution in [3.05, 3.63) is 47.2 Å². The van der Waals surface area contributed by atoms with Crippen molar-refractivity contribution in [2.75, 3.05) is 60.0 Å². The van der Waals surface area contributed by atoms with Gasteiger partial charge in [0.15, 0.2) is 0 Å². The van der Waals surface area contributed by atoms with E-state index in [1.807, 2.05) is 6.07 Å². The van der Waals surface area contributed by atoms with Crippen LogP contribution in [0.2, 0.25) is 0 Å². The maximum Gasteiger partial charge on any atom is 0.513 e. The number of rotatable bonds is 17. The molecule has 0 radical (unpaired) electrons. The van der Waals surface area contributed by atoms with E-state index in [9.17, 15) is 4.79 Å². The molecule has 1 aliphatic heterocycles. The van der Waals surface area contributed by atoms with Crippen molar-refractivity contribution in [1.82, 2.24) is 0 Å². The van der Waals surface area contributed by atoms with Crippen molar-refractivity contribution in [1.29, 1.82) is 0 Å². The Morgan fingerprint density at radius 1 is 1.00 bits per heavy atom. The molecular weight excluding hydrogens is 488 g/mol. The van der Waals surface area contributed by atoms with Gasteiger partial charge in [-0.1, -0.05) is 38.0 Å². The summed E-state index contributed by atoms with van der Waals surface area (Å²) < 4.78 is 38.4. The molecule has 1 aliphatic carbocycles. The number of benzene rings is 1. The van der Waals surface area contributed by atoms with E-state index < -0.39 is 6.16 Å². The van der Waals surface area contributed by atoms with E-state index in [0.29, 0.717) is 45.4 Å². The monoisotopic (exact) mass is 532 g/mol. The molecule has 0 unspecified atom stereocenters. The van der Waals surface area contributed by atoms with Crippen molar-refractivity contribution in [3.63, 3.8) is 0 Å². The van der Waals surface area contributed by atoms with E-state index >= 15 is 0 Å². The summed E-state index contributed by atoms with van der Waals surface area (Å²) in [6.45, 7) is 11.8. The van der Waals surface area contributed by atoms with Gasteiger partial charge in [-0.2, -0.15) is 0 Å². The number of hydrogen-bond acceptors (Lipinski definition) is 8. The average molecular weight is 533 g/mol. The number of aryl methyl sites for hydroxylation is 1. The number of carbonyl (C=O) groups is 1. The second-order valence-electron chi connectivity index (χ2n) is 9.75. The first-order chi connectivity index (χ1) is 18.5. The maximum atomic E-state index is 12.6. The van der Waals surface area contributed by atoms with Gasteiger partial charge in [-0.05, 0) is 50.3 Å². The Kier molecular flexibility index (Phi) is 13.1. The van der Waals surface area contributed by atoms with Crippen molar-refractivity contribution in [2.45, 2.75) is 58.3 Å². The second-order valence-corrected chi connectivity index (χ2v) is 9.75. The van der Waals surface area contributed by atoms with E-state index in [4.69, 9.17) is 33.2 Å². The lowest BCUT2D eigenvalue weighted by Crippen LogP contribution is -2.26. The SMILES string of the molecule is C=C1Oc2cc(CCCCC)cc(OC(=O)OCCOCCOCCOCCOC)c2[C@@H]2C=C(C)CC[C@@H]12. The fourth-order valence-electron chi connectivity index (χ4n) is 4.79. The van der Waals surface area contributed by atoms with Crippen LogP contribution in [0, 0.1) is 5.92 Å². The van der Waals surface area contributed by atoms with Gasteiger partial charge >= 0.3 is 6.16 Å². The molecule has 1 aromatic rings. The zero-order valence-corrected chi connectivity index (χ0v) is 23.3. The predicted molar refractivity (Wildman–Crippen MR) is 145 cm³/mol. The van der Waals surface area contributed by atoms with Gasteiger partial charge in [0.05, 0.1) is 46.2 Å². The average Bonchev–Trinajstić information content (AvgIpc) is 2.89. The minimum absolute atomic E-state index is 0.0706. The van der Waals surface area contributed by atoms with Gasteiger partial charge in [0.1, 0.15) is 23.9 Å². The number of carbonyl (C=O) groups excluding carboxylic acids is 1. The smallest absolute Gasteiger partial charge is 0.462 e. The van der Waals surface area contributed by atoms with Gasteiger partial charge in [-0.25, -0.2) is 4.79 Å². The Labute approximate surface area is 227 Å². The maximum absolute atomic E-state index is 12.6. The largest absolute Gasteiger partial charge is 0.513 e. The standard InChI is InChI=1S/C30H44O8/c1-5-6-7-8-24-20-27-29(26-19-22(2)9-10-25(26)23(3)37-27)28(21-24)38-30(31)36-18-17-35-16-15-34-14-13-33-12-11-32-4/h19-21,25-26H,3,5-18H2,1-2,4H3/t25-,26+/m0/s1. The van der Waals surface area contributed by atoms with Crippen molar-refractivity contribution >= 4 is 6.16 Å². The lowest BCUT2D eigenvalue weighted by Gasteiger charge is -2.37. The molecule has 0 bridgehead atoms. The van der Waals surface area contributed by atoms with Gasteiger partial charge in [0.2, 0.25) is 0 Å². The van der Waals surface area contributed by atoms with Crippen LogP contribution in [0.15, 0.2) is 36.1 Å². The summed E-state index contributed by atoms with van der Waals surface area (Å²) in [5.74, 6) is 2.26. The van der Waals surface area contributed by atoms with Crippen LogP contribution in [0.4, 0.5) is 4.79 Å². The summed E-state index contributed by atoms with van der Waals surface area (Å²) >= 11 is 0. The molecule has 0 saturated carbocycles. The molecular formula is C30H44O8. The molecule has 0 amide bonds. The summed E-state index contributed by atoms with van der Waals surface area (Å²) in [6.07, 6.45) is 7.73. The highest BCUT2D eigenvalue weighted by atomic mass is 16.7. The van der Waals surface area contributed by atoms with Crippen LogP contribution in [0.3, 0.4) is 0 Å². The zero-order valence-electron chi connectivity index (χ0n) is 23.3. The molecule has 0 aromatic heterocycles. The molecule has 0 spiro atoms. The number of fused-ring (bicyclic) bond motifs is 3. The summed E-state index contributed by atoms with van der Waals surface area (Å²) in [5.41, 5.74) is 3.31. The molecule has 2 atom stereocenters. The Hall–Kier alpha value is -2.39. The first-order valence-electron chi connectivity index (χ1n) is 13.8. The highest BCUT2D eigenvalue weighted by Gasteiger charge is 2.37. The molecule has 212 valence electrons. The third-order valence-electron chi connectivity index (χ3n) is 6.78. The van der Waals surface area contributed by atoms with E-state index in [-0.39, 0.29) is 25.0 Å². The Balaban J connectivity index is 1.51. The molecule has 8 nitrogen and oxygen atoms in total. The van der Waals surface area contributed by atoms with Crippen LogP contribution in [-0.2, 0) is 30.1 Å². The Morgan fingerprint density at radius 2 is 1.68 bits per heavy atom. The van der Waals surface area contributed by atoms with Crippen LogP contribution in [-0.4, -0.2) is 66.1 Å². The lowest BCUT2D eigenvalue weighted by atomic mass is 9.74. The molecule has 1 heterocycles. The van der Waals surface area contributed by atoms with E-state index in [2.05, 4.69) is 32.6 Å². The molecule has 1 aromatic carbocycles. The Bertz CT molecular complexity index is 925. The number of unbranched alkanes of at least 4 members (excludes halogenated alkanes) is 2. The summed E-state index contributed by atoms with van der Waals surface area (Å²) in [7, 11) is 1.64. The van der Waals surface area contributed by atoms with Crippen LogP contribution >= 0.6 is 0 Å². The molecule has 8 heteroatoms. The molecule has 3 rings (SSSR count). The number of allylic oxidation sites excluding steroid dienone is 3. The van der Waals surface area contributed by atoms with E-state index in [1.165, 1.54) is 5.57 Å². The number of ether oxygens (including phenoxy) is 7. The molecule has 38 heavy (non-hydrogen) atoms. The fraction of sp³-hybridized carbons (Fsp3) is 0.633. The normalized spacial score (nSPS) is 18.3. The van der Waals surface area contributed by atoms with Gasteiger partial charge in [-0.15, -0.1) is 0 Å². The quantitative estimate of drug-likeness (QED) is 0.105. The minimum atomic E-state index is -0.747. The number of methoxy groups -OCH3 is 1. The molecule has 0 saturated heterocycles.